The minimum absolute atomic E-state index is 0.331. The Balaban J connectivity index is 2.66. The maximum absolute atomic E-state index is 8.92. The van der Waals surface area contributed by atoms with Crippen LogP contribution in [0.1, 0.15) is 6.42 Å². The first-order valence-corrected chi connectivity index (χ1v) is 2.86. The lowest BCUT2D eigenvalue weighted by Crippen LogP contribution is -2.03. The molecule has 1 N–H and O–H groups in total. The van der Waals surface area contributed by atoms with Crippen molar-refractivity contribution in [1.29, 1.82) is 0 Å². The summed E-state index contributed by atoms with van der Waals surface area (Å²) in [5, 5.41) is 8.92. The summed E-state index contributed by atoms with van der Waals surface area (Å²) in [6, 6.07) is 0. The number of aliphatic hydroxyl groups is 1. The molecule has 0 aromatic rings. The Morgan fingerprint density at radius 2 is 2.56 bits per heavy atom. The average Bonchev–Trinajstić information content (AvgIpc) is 1.90. The molecule has 0 bridgehead atoms. The maximum atomic E-state index is 8.92. The summed E-state index contributed by atoms with van der Waals surface area (Å²) >= 11 is 0. The second-order valence-corrected chi connectivity index (χ2v) is 1.97. The van der Waals surface area contributed by atoms with E-state index >= 15 is 0 Å². The molecule has 0 aromatic carbocycles. The summed E-state index contributed by atoms with van der Waals surface area (Å²) in [5.74, 6) is 2.49. The molecule has 0 saturated carbocycles. The van der Waals surface area contributed by atoms with Crippen molar-refractivity contribution in [2.75, 3.05) is 0 Å². The molecule has 0 aromatic heterocycles. The monoisotopic (exact) mass is 120 g/mol. The first-order chi connectivity index (χ1) is 4.33. The van der Waals surface area contributed by atoms with Crippen molar-refractivity contribution in [2.24, 2.45) is 0 Å². The van der Waals surface area contributed by atoms with E-state index in [1.165, 1.54) is 0 Å². The van der Waals surface area contributed by atoms with Crippen LogP contribution in [0.4, 0.5) is 0 Å². The standard InChI is InChI=1S/C8H8O/c1-2-7-3-5-8(9)6-4-7/h1,3-5,8-9H,6H2. The van der Waals surface area contributed by atoms with Crippen LogP contribution in [0.5, 0.6) is 0 Å². The molecule has 0 amide bonds. The molecule has 0 aliphatic heterocycles. The van der Waals surface area contributed by atoms with Crippen LogP contribution in [0.15, 0.2) is 23.8 Å². The van der Waals surface area contributed by atoms with Gasteiger partial charge in [-0.15, -0.1) is 6.42 Å². The highest BCUT2D eigenvalue weighted by molar-refractivity contribution is 5.38. The first-order valence-electron chi connectivity index (χ1n) is 2.86. The molecule has 0 saturated heterocycles. The molecule has 1 atom stereocenters. The van der Waals surface area contributed by atoms with E-state index in [4.69, 9.17) is 11.5 Å². The van der Waals surface area contributed by atoms with Gasteiger partial charge in [0.1, 0.15) is 0 Å². The lowest BCUT2D eigenvalue weighted by Gasteiger charge is -2.05. The predicted octanol–water partition coefficient (Wildman–Crippen LogP) is 0.867. The largest absolute Gasteiger partial charge is 0.389 e. The lowest BCUT2D eigenvalue weighted by atomic mass is 10.1. The zero-order valence-electron chi connectivity index (χ0n) is 5.04. The summed E-state index contributed by atoms with van der Waals surface area (Å²) < 4.78 is 0. The molecule has 1 heteroatoms. The van der Waals surface area contributed by atoms with Crippen molar-refractivity contribution < 1.29 is 5.11 Å². The van der Waals surface area contributed by atoms with Gasteiger partial charge in [0.2, 0.25) is 0 Å². The van der Waals surface area contributed by atoms with Gasteiger partial charge in [-0.2, -0.15) is 0 Å². The number of hydrogen-bond acceptors (Lipinski definition) is 1. The average molecular weight is 120 g/mol. The van der Waals surface area contributed by atoms with E-state index < -0.39 is 0 Å². The minimum Gasteiger partial charge on any atom is -0.389 e. The van der Waals surface area contributed by atoms with Crippen LogP contribution in [0, 0.1) is 12.3 Å². The van der Waals surface area contributed by atoms with Crippen molar-refractivity contribution in [3.8, 4) is 12.3 Å². The van der Waals surface area contributed by atoms with Gasteiger partial charge in [0.25, 0.3) is 0 Å². The summed E-state index contributed by atoms with van der Waals surface area (Å²) in [6.07, 6.45) is 10.7. The van der Waals surface area contributed by atoms with Gasteiger partial charge in [0.15, 0.2) is 0 Å². The number of aliphatic hydroxyl groups excluding tert-OH is 1. The van der Waals surface area contributed by atoms with Crippen LogP contribution in [-0.2, 0) is 0 Å². The van der Waals surface area contributed by atoms with E-state index in [2.05, 4.69) is 5.92 Å². The van der Waals surface area contributed by atoms with E-state index in [1.54, 1.807) is 12.2 Å². The van der Waals surface area contributed by atoms with E-state index in [1.807, 2.05) is 6.08 Å². The van der Waals surface area contributed by atoms with Gasteiger partial charge in [-0.05, 0) is 12.5 Å². The van der Waals surface area contributed by atoms with Crippen LogP contribution in [0.2, 0.25) is 0 Å². The number of hydrogen-bond donors (Lipinski definition) is 1. The molecule has 0 fully saturated rings. The van der Waals surface area contributed by atoms with Crippen molar-refractivity contribution in [2.45, 2.75) is 12.5 Å². The number of allylic oxidation sites excluding steroid dienone is 2. The number of rotatable bonds is 0. The highest BCUT2D eigenvalue weighted by atomic mass is 16.3. The minimum atomic E-state index is -0.331. The zero-order chi connectivity index (χ0) is 6.69. The van der Waals surface area contributed by atoms with E-state index in [0.29, 0.717) is 6.42 Å². The van der Waals surface area contributed by atoms with Crippen molar-refractivity contribution in [1.82, 2.24) is 0 Å². The third-order valence-corrected chi connectivity index (χ3v) is 1.24. The van der Waals surface area contributed by atoms with E-state index in [0.717, 1.165) is 5.57 Å². The Kier molecular flexibility index (Phi) is 1.72. The third kappa shape index (κ3) is 1.45. The van der Waals surface area contributed by atoms with Crippen LogP contribution >= 0.6 is 0 Å². The van der Waals surface area contributed by atoms with Gasteiger partial charge in [-0.1, -0.05) is 18.1 Å². The van der Waals surface area contributed by atoms with Gasteiger partial charge in [-0.3, -0.25) is 0 Å². The molecule has 1 aliphatic rings. The normalized spacial score (nSPS) is 24.9. The SMILES string of the molecule is C#CC1=CCC(O)C=C1. The Hall–Kier alpha value is -1.00. The molecule has 0 heterocycles. The topological polar surface area (TPSA) is 20.2 Å². The fourth-order valence-corrected chi connectivity index (χ4v) is 0.716. The summed E-state index contributed by atoms with van der Waals surface area (Å²) in [6.45, 7) is 0. The van der Waals surface area contributed by atoms with Gasteiger partial charge in [0, 0.05) is 5.57 Å². The first kappa shape index (κ1) is 6.12. The molecule has 1 aliphatic carbocycles. The fraction of sp³-hybridized carbons (Fsp3) is 0.250. The van der Waals surface area contributed by atoms with Gasteiger partial charge in [0.05, 0.1) is 6.10 Å². The van der Waals surface area contributed by atoms with Gasteiger partial charge in [-0.25, -0.2) is 0 Å². The molecular formula is C8H8O. The Labute approximate surface area is 54.7 Å². The van der Waals surface area contributed by atoms with E-state index in [-0.39, 0.29) is 6.10 Å². The van der Waals surface area contributed by atoms with Crippen LogP contribution < -0.4 is 0 Å². The second-order valence-electron chi connectivity index (χ2n) is 1.97. The molecule has 46 valence electrons. The molecule has 1 unspecified atom stereocenters. The highest BCUT2D eigenvalue weighted by Gasteiger charge is 2.00. The van der Waals surface area contributed by atoms with Crippen LogP contribution in [0.3, 0.4) is 0 Å². The van der Waals surface area contributed by atoms with Crippen LogP contribution in [0.25, 0.3) is 0 Å². The fourth-order valence-electron chi connectivity index (χ4n) is 0.716. The lowest BCUT2D eigenvalue weighted by molar-refractivity contribution is 0.225. The highest BCUT2D eigenvalue weighted by Crippen LogP contribution is 2.08. The smallest absolute Gasteiger partial charge is 0.0759 e. The quantitative estimate of drug-likeness (QED) is 0.470. The van der Waals surface area contributed by atoms with Crippen molar-refractivity contribution in [3.05, 3.63) is 23.8 Å². The molecule has 0 radical (unpaired) electrons. The van der Waals surface area contributed by atoms with Crippen LogP contribution in [-0.4, -0.2) is 11.2 Å². The Morgan fingerprint density at radius 3 is 3.00 bits per heavy atom. The molecule has 0 spiro atoms. The summed E-state index contributed by atoms with van der Waals surface area (Å²) in [7, 11) is 0. The van der Waals surface area contributed by atoms with Gasteiger partial charge < -0.3 is 5.11 Å². The summed E-state index contributed by atoms with van der Waals surface area (Å²) in [4.78, 5) is 0. The molecule has 1 rings (SSSR count). The third-order valence-electron chi connectivity index (χ3n) is 1.24. The molecule has 1 nitrogen and oxygen atoms in total. The summed E-state index contributed by atoms with van der Waals surface area (Å²) in [5.41, 5.74) is 0.861. The maximum Gasteiger partial charge on any atom is 0.0759 e. The number of terminal acetylenes is 1. The Morgan fingerprint density at radius 1 is 1.78 bits per heavy atom. The Bertz CT molecular complexity index is 193. The molecule has 9 heavy (non-hydrogen) atoms. The molecular weight excluding hydrogens is 112 g/mol. The predicted molar refractivity (Wildman–Crippen MR) is 36.7 cm³/mol. The second kappa shape index (κ2) is 2.52. The van der Waals surface area contributed by atoms with Crippen molar-refractivity contribution in [3.63, 3.8) is 0 Å². The van der Waals surface area contributed by atoms with E-state index in [9.17, 15) is 0 Å². The zero-order valence-corrected chi connectivity index (χ0v) is 5.04. The van der Waals surface area contributed by atoms with Gasteiger partial charge >= 0.3 is 0 Å². The van der Waals surface area contributed by atoms with Crippen molar-refractivity contribution >= 4 is 0 Å².